The number of anilines is 6. The van der Waals surface area contributed by atoms with Gasteiger partial charge in [0.05, 0.1) is 23.3 Å². The number of hydrogen-bond donors (Lipinski definition) is 3. The number of benzene rings is 1. The second kappa shape index (κ2) is 14.2. The molecule has 4 aliphatic rings. The van der Waals surface area contributed by atoms with Crippen molar-refractivity contribution < 1.29 is 14.3 Å². The van der Waals surface area contributed by atoms with Gasteiger partial charge in [-0.05, 0) is 86.9 Å². The van der Waals surface area contributed by atoms with E-state index in [2.05, 4.69) is 68.4 Å². The lowest BCUT2D eigenvalue weighted by Crippen LogP contribution is -2.56. The van der Waals surface area contributed by atoms with Crippen LogP contribution in [-0.4, -0.2) is 87.7 Å². The SMILES string of the molecule is C=CC(=O)Nc1cc(Nc2nc(-c3ccnc(N4CCn5c(cc6c5CC(C)(C)C6)C4=O)c3C)cnc2N)ccc1N1CCN(C2CCOCC2)C[C@@H]1C. The Labute approximate surface area is 316 Å². The third kappa shape index (κ3) is 6.70. The van der Waals surface area contributed by atoms with Crippen LogP contribution >= 0.6 is 0 Å². The zero-order valence-corrected chi connectivity index (χ0v) is 31.7. The molecule has 3 aliphatic heterocycles. The van der Waals surface area contributed by atoms with Gasteiger partial charge in [0, 0.05) is 86.7 Å². The lowest BCUT2D eigenvalue weighted by molar-refractivity contribution is -0.111. The molecule has 8 rings (SSSR count). The average molecular weight is 731 g/mol. The standard InChI is InChI=1S/C41H50N10O3/c1-6-36(52)46-31-20-28(7-8-33(31)49-14-13-48(24-25(49)2)29-10-17-54-18-11-29)45-38-37(42)44-23-32(47-38)30-9-12-43-39(26(30)3)51-16-15-50-34(40(51)53)19-27-21-41(4,5)22-35(27)50/h6-9,12,19-20,23,25,29H,1,10-11,13-18,21-22,24H2,2-5H3,(H2,42,44)(H,45,47)(H,46,52)/t25-/m0/s1. The molecule has 1 aromatic carbocycles. The molecule has 0 bridgehead atoms. The predicted molar refractivity (Wildman–Crippen MR) is 212 cm³/mol. The van der Waals surface area contributed by atoms with Gasteiger partial charge in [0.15, 0.2) is 11.6 Å². The number of fused-ring (bicyclic) bond motifs is 3. The fraction of sp³-hybridized carbons (Fsp3) is 0.439. The van der Waals surface area contributed by atoms with Crippen molar-refractivity contribution in [3.8, 4) is 11.3 Å². The van der Waals surface area contributed by atoms with E-state index in [1.54, 1.807) is 17.3 Å². The van der Waals surface area contributed by atoms with Crippen molar-refractivity contribution in [3.05, 3.63) is 77.9 Å². The fourth-order valence-electron chi connectivity index (χ4n) is 8.82. The van der Waals surface area contributed by atoms with Crippen molar-refractivity contribution in [3.63, 3.8) is 0 Å². The van der Waals surface area contributed by atoms with Crippen molar-refractivity contribution in [1.29, 1.82) is 0 Å². The van der Waals surface area contributed by atoms with E-state index in [0.717, 1.165) is 87.6 Å². The number of pyridine rings is 1. The lowest BCUT2D eigenvalue weighted by Gasteiger charge is -2.45. The summed E-state index contributed by atoms with van der Waals surface area (Å²) in [5.74, 6) is 0.889. The minimum Gasteiger partial charge on any atom is -0.381 e. The Kier molecular flexibility index (Phi) is 9.39. The normalized spacial score (nSPS) is 20.1. The molecule has 0 spiro atoms. The van der Waals surface area contributed by atoms with E-state index in [0.29, 0.717) is 41.3 Å². The highest BCUT2D eigenvalue weighted by Crippen LogP contribution is 2.40. The first kappa shape index (κ1) is 35.7. The second-order valence-corrected chi connectivity index (χ2v) is 15.9. The van der Waals surface area contributed by atoms with E-state index in [4.69, 9.17) is 15.5 Å². The van der Waals surface area contributed by atoms with E-state index in [1.807, 2.05) is 31.2 Å². The number of carbonyl (C=O) groups excluding carboxylic acids is 2. The quantitative estimate of drug-likeness (QED) is 0.197. The highest BCUT2D eigenvalue weighted by Gasteiger charge is 2.37. The number of carbonyl (C=O) groups is 2. The molecule has 282 valence electrons. The Morgan fingerprint density at radius 2 is 1.89 bits per heavy atom. The van der Waals surface area contributed by atoms with E-state index < -0.39 is 0 Å². The molecule has 6 heterocycles. The molecule has 0 unspecified atom stereocenters. The van der Waals surface area contributed by atoms with Gasteiger partial charge in [0.1, 0.15) is 11.5 Å². The average Bonchev–Trinajstić information content (AvgIpc) is 3.65. The van der Waals surface area contributed by atoms with Gasteiger partial charge in [-0.1, -0.05) is 20.4 Å². The third-order valence-electron chi connectivity index (χ3n) is 11.5. The van der Waals surface area contributed by atoms with Crippen LogP contribution in [0.1, 0.15) is 60.9 Å². The molecule has 54 heavy (non-hydrogen) atoms. The summed E-state index contributed by atoms with van der Waals surface area (Å²) in [6.45, 7) is 18.1. The Morgan fingerprint density at radius 1 is 1.07 bits per heavy atom. The maximum Gasteiger partial charge on any atom is 0.276 e. The number of amides is 2. The van der Waals surface area contributed by atoms with Gasteiger partial charge in [-0.25, -0.2) is 15.0 Å². The van der Waals surface area contributed by atoms with Gasteiger partial charge in [0.2, 0.25) is 5.91 Å². The molecule has 13 heteroatoms. The molecule has 0 saturated carbocycles. The number of hydrogen-bond acceptors (Lipinski definition) is 10. The van der Waals surface area contributed by atoms with Gasteiger partial charge in [0.25, 0.3) is 5.91 Å². The Bertz CT molecular complexity index is 2120. The molecule has 1 atom stereocenters. The van der Waals surface area contributed by atoms with E-state index in [-0.39, 0.29) is 29.1 Å². The fourth-order valence-corrected chi connectivity index (χ4v) is 8.82. The van der Waals surface area contributed by atoms with Gasteiger partial charge < -0.3 is 30.6 Å². The number of rotatable bonds is 8. The molecular formula is C41H50N10O3. The smallest absolute Gasteiger partial charge is 0.276 e. The summed E-state index contributed by atoms with van der Waals surface area (Å²) < 4.78 is 7.81. The van der Waals surface area contributed by atoms with Crippen LogP contribution < -0.4 is 26.2 Å². The number of piperazine rings is 1. The summed E-state index contributed by atoms with van der Waals surface area (Å²) in [5, 5.41) is 6.37. The van der Waals surface area contributed by atoms with Gasteiger partial charge in [-0.15, -0.1) is 0 Å². The highest BCUT2D eigenvalue weighted by molar-refractivity contribution is 6.06. The number of ether oxygens (including phenoxy) is 1. The first-order valence-electron chi connectivity index (χ1n) is 19.0. The summed E-state index contributed by atoms with van der Waals surface area (Å²) in [5.41, 5.74) is 14.4. The molecule has 2 fully saturated rings. The monoisotopic (exact) mass is 730 g/mol. The molecule has 4 aromatic rings. The Morgan fingerprint density at radius 3 is 2.67 bits per heavy atom. The van der Waals surface area contributed by atoms with E-state index in [9.17, 15) is 9.59 Å². The summed E-state index contributed by atoms with van der Waals surface area (Å²) in [6.07, 6.45) is 8.73. The maximum atomic E-state index is 13.9. The molecule has 0 radical (unpaired) electrons. The van der Waals surface area contributed by atoms with Crippen molar-refractivity contribution in [1.82, 2.24) is 24.4 Å². The minimum atomic E-state index is -0.291. The number of nitrogens with zero attached hydrogens (tertiary/aromatic N) is 7. The highest BCUT2D eigenvalue weighted by atomic mass is 16.5. The summed E-state index contributed by atoms with van der Waals surface area (Å²) in [7, 11) is 0. The Hall–Kier alpha value is -5.27. The molecule has 3 aromatic heterocycles. The van der Waals surface area contributed by atoms with Crippen LogP contribution in [0.2, 0.25) is 0 Å². The second-order valence-electron chi connectivity index (χ2n) is 15.9. The zero-order chi connectivity index (χ0) is 37.7. The van der Waals surface area contributed by atoms with Crippen molar-refractivity contribution in [2.24, 2.45) is 5.41 Å². The van der Waals surface area contributed by atoms with Crippen LogP contribution in [-0.2, 0) is 28.9 Å². The number of nitrogens with two attached hydrogens (primary N) is 1. The van der Waals surface area contributed by atoms with Crippen molar-refractivity contribution >= 4 is 46.3 Å². The molecule has 4 N–H and O–H groups in total. The van der Waals surface area contributed by atoms with Crippen molar-refractivity contribution in [2.45, 2.75) is 72.0 Å². The maximum absolute atomic E-state index is 13.9. The number of nitrogens with one attached hydrogen (secondary N) is 2. The minimum absolute atomic E-state index is 0.0367. The molecule has 2 amide bonds. The summed E-state index contributed by atoms with van der Waals surface area (Å²) >= 11 is 0. The van der Waals surface area contributed by atoms with Crippen LogP contribution in [0.5, 0.6) is 0 Å². The first-order chi connectivity index (χ1) is 26.0. The number of aromatic nitrogens is 4. The topological polar surface area (TPSA) is 147 Å². The molecule has 2 saturated heterocycles. The molecular weight excluding hydrogens is 681 g/mol. The zero-order valence-electron chi connectivity index (χ0n) is 31.7. The van der Waals surface area contributed by atoms with Crippen LogP contribution in [0.15, 0.2) is 55.4 Å². The predicted octanol–water partition coefficient (Wildman–Crippen LogP) is 5.57. The van der Waals surface area contributed by atoms with Gasteiger partial charge in [-0.3, -0.25) is 19.4 Å². The van der Waals surface area contributed by atoms with Crippen LogP contribution in [0, 0.1) is 12.3 Å². The van der Waals surface area contributed by atoms with Gasteiger partial charge >= 0.3 is 0 Å². The third-order valence-corrected chi connectivity index (χ3v) is 11.5. The molecule has 13 nitrogen and oxygen atoms in total. The lowest BCUT2D eigenvalue weighted by atomic mass is 9.90. The number of nitrogen functional groups attached to an aromatic ring is 1. The first-order valence-corrected chi connectivity index (χ1v) is 19.0. The van der Waals surface area contributed by atoms with Crippen LogP contribution in [0.4, 0.5) is 34.5 Å². The van der Waals surface area contributed by atoms with Crippen LogP contribution in [0.25, 0.3) is 11.3 Å². The largest absolute Gasteiger partial charge is 0.381 e. The van der Waals surface area contributed by atoms with Gasteiger partial charge in [-0.2, -0.15) is 0 Å². The van der Waals surface area contributed by atoms with Crippen LogP contribution in [0.3, 0.4) is 0 Å². The Balaban J connectivity index is 1.03. The summed E-state index contributed by atoms with van der Waals surface area (Å²) in [4.78, 5) is 47.3. The van der Waals surface area contributed by atoms with E-state index >= 15 is 0 Å². The molecule has 1 aliphatic carbocycles. The van der Waals surface area contributed by atoms with Crippen molar-refractivity contribution in [2.75, 3.05) is 65.6 Å². The summed E-state index contributed by atoms with van der Waals surface area (Å²) in [6, 6.07) is 10.6. The van der Waals surface area contributed by atoms with E-state index in [1.165, 1.54) is 17.3 Å².